The van der Waals surface area contributed by atoms with Crippen molar-refractivity contribution in [3.63, 3.8) is 0 Å². The van der Waals surface area contributed by atoms with Crippen LogP contribution in [0.25, 0.3) is 0 Å². The van der Waals surface area contributed by atoms with Gasteiger partial charge in [-0.15, -0.1) is 11.8 Å². The van der Waals surface area contributed by atoms with E-state index in [2.05, 4.69) is 6.07 Å². The number of hydrogen-bond donors (Lipinski definition) is 0. The quantitative estimate of drug-likeness (QED) is 0.597. The molecule has 3 heteroatoms. The number of allylic oxidation sites excluding steroid dienone is 3. The topological polar surface area (TPSA) is 20.3 Å². The SMILES string of the molecule is C/C=C/C=C/C(=O)N1CCCSc2ccccc21. The average Bonchev–Trinajstić information content (AvgIpc) is 2.61. The first kappa shape index (κ1) is 13.0. The fourth-order valence-electron chi connectivity index (χ4n) is 1.90. The van der Waals surface area contributed by atoms with Gasteiger partial charge in [-0.2, -0.15) is 0 Å². The summed E-state index contributed by atoms with van der Waals surface area (Å²) in [5.41, 5.74) is 1.04. The predicted molar refractivity (Wildman–Crippen MR) is 78.1 cm³/mol. The van der Waals surface area contributed by atoms with Crippen LogP contribution in [-0.2, 0) is 4.79 Å². The van der Waals surface area contributed by atoms with Gasteiger partial charge in [0, 0.05) is 17.5 Å². The van der Waals surface area contributed by atoms with Gasteiger partial charge in [-0.25, -0.2) is 0 Å². The lowest BCUT2D eigenvalue weighted by molar-refractivity contribution is -0.114. The number of hydrogen-bond acceptors (Lipinski definition) is 2. The van der Waals surface area contributed by atoms with Crippen LogP contribution in [0.15, 0.2) is 53.5 Å². The number of anilines is 1. The fourth-order valence-corrected chi connectivity index (χ4v) is 2.89. The summed E-state index contributed by atoms with van der Waals surface area (Å²) in [7, 11) is 0. The molecule has 2 rings (SSSR count). The Balaban J connectivity index is 2.25. The zero-order valence-corrected chi connectivity index (χ0v) is 11.3. The van der Waals surface area contributed by atoms with E-state index in [1.807, 2.05) is 53.9 Å². The van der Waals surface area contributed by atoms with E-state index in [1.165, 1.54) is 4.90 Å². The molecule has 0 radical (unpaired) electrons. The minimum absolute atomic E-state index is 0.0584. The van der Waals surface area contributed by atoms with Gasteiger partial charge in [-0.3, -0.25) is 4.79 Å². The van der Waals surface area contributed by atoms with Crippen molar-refractivity contribution in [1.82, 2.24) is 0 Å². The zero-order valence-electron chi connectivity index (χ0n) is 10.5. The molecule has 0 N–H and O–H groups in total. The van der Waals surface area contributed by atoms with Crippen molar-refractivity contribution >= 4 is 23.4 Å². The van der Waals surface area contributed by atoms with Crippen LogP contribution in [0.4, 0.5) is 5.69 Å². The highest BCUT2D eigenvalue weighted by molar-refractivity contribution is 7.99. The van der Waals surface area contributed by atoms with Crippen LogP contribution < -0.4 is 4.90 Å². The van der Waals surface area contributed by atoms with E-state index in [9.17, 15) is 4.79 Å². The van der Waals surface area contributed by atoms with Gasteiger partial charge in [0.1, 0.15) is 0 Å². The largest absolute Gasteiger partial charge is 0.308 e. The number of rotatable bonds is 2. The molecule has 1 aliphatic heterocycles. The maximum absolute atomic E-state index is 12.2. The molecule has 1 aromatic rings. The van der Waals surface area contributed by atoms with Crippen LogP contribution in [0.1, 0.15) is 13.3 Å². The molecular formula is C15H17NOS. The number of amides is 1. The van der Waals surface area contributed by atoms with E-state index >= 15 is 0 Å². The molecule has 0 unspecified atom stereocenters. The lowest BCUT2D eigenvalue weighted by atomic mass is 10.2. The Kier molecular flexibility index (Phi) is 4.65. The molecule has 94 valence electrons. The highest BCUT2D eigenvalue weighted by atomic mass is 32.2. The Morgan fingerprint density at radius 2 is 2.17 bits per heavy atom. The second-order valence-electron chi connectivity index (χ2n) is 4.04. The molecule has 1 heterocycles. The number of carbonyl (C=O) groups excluding carboxylic acids is 1. The monoisotopic (exact) mass is 259 g/mol. The maximum Gasteiger partial charge on any atom is 0.251 e. The number of carbonyl (C=O) groups is 1. The summed E-state index contributed by atoms with van der Waals surface area (Å²) in [4.78, 5) is 15.3. The number of nitrogens with zero attached hydrogens (tertiary/aromatic N) is 1. The smallest absolute Gasteiger partial charge is 0.251 e. The first-order chi connectivity index (χ1) is 8.83. The summed E-state index contributed by atoms with van der Waals surface area (Å²) in [5.74, 6) is 1.13. The molecule has 0 aliphatic carbocycles. The first-order valence-corrected chi connectivity index (χ1v) is 7.14. The molecule has 0 atom stereocenters. The molecule has 0 saturated heterocycles. The molecule has 0 fully saturated rings. The van der Waals surface area contributed by atoms with Crippen molar-refractivity contribution in [2.75, 3.05) is 17.2 Å². The van der Waals surface area contributed by atoms with E-state index in [-0.39, 0.29) is 5.91 Å². The number of benzene rings is 1. The van der Waals surface area contributed by atoms with Crippen LogP contribution in [0, 0.1) is 0 Å². The van der Waals surface area contributed by atoms with Crippen LogP contribution >= 0.6 is 11.8 Å². The Labute approximate surface area is 112 Å². The Hall–Kier alpha value is -1.48. The minimum Gasteiger partial charge on any atom is -0.308 e. The van der Waals surface area contributed by atoms with Crippen LogP contribution in [0.5, 0.6) is 0 Å². The highest BCUT2D eigenvalue weighted by Gasteiger charge is 2.18. The summed E-state index contributed by atoms with van der Waals surface area (Å²) in [6.45, 7) is 2.73. The lowest BCUT2D eigenvalue weighted by Gasteiger charge is -2.20. The van der Waals surface area contributed by atoms with Gasteiger partial charge in [0.25, 0.3) is 5.91 Å². The summed E-state index contributed by atoms with van der Waals surface area (Å²) in [6, 6.07) is 8.12. The van der Waals surface area contributed by atoms with E-state index in [4.69, 9.17) is 0 Å². The lowest BCUT2D eigenvalue weighted by Crippen LogP contribution is -2.30. The number of fused-ring (bicyclic) bond motifs is 1. The van der Waals surface area contributed by atoms with Crippen molar-refractivity contribution in [2.45, 2.75) is 18.2 Å². The third kappa shape index (κ3) is 3.05. The predicted octanol–water partition coefficient (Wildman–Crippen LogP) is 3.65. The molecule has 0 spiro atoms. The van der Waals surface area contributed by atoms with Crippen molar-refractivity contribution in [3.05, 3.63) is 48.6 Å². The summed E-state index contributed by atoms with van der Waals surface area (Å²) < 4.78 is 0. The fraction of sp³-hybridized carbons (Fsp3) is 0.267. The first-order valence-electron chi connectivity index (χ1n) is 6.15. The summed E-state index contributed by atoms with van der Waals surface area (Å²) in [5, 5.41) is 0. The van der Waals surface area contributed by atoms with Gasteiger partial charge in [0.2, 0.25) is 0 Å². The van der Waals surface area contributed by atoms with Crippen LogP contribution in [0.2, 0.25) is 0 Å². The van der Waals surface area contributed by atoms with Gasteiger partial charge in [-0.05, 0) is 31.2 Å². The van der Waals surface area contributed by atoms with Gasteiger partial charge < -0.3 is 4.90 Å². The number of para-hydroxylation sites is 1. The van der Waals surface area contributed by atoms with Gasteiger partial charge in [0.15, 0.2) is 0 Å². The normalized spacial score (nSPS) is 15.9. The molecule has 0 aromatic heterocycles. The molecule has 18 heavy (non-hydrogen) atoms. The maximum atomic E-state index is 12.2. The zero-order chi connectivity index (χ0) is 12.8. The molecule has 0 bridgehead atoms. The molecule has 1 amide bonds. The van der Waals surface area contributed by atoms with Gasteiger partial charge in [-0.1, -0.05) is 30.4 Å². The second kappa shape index (κ2) is 6.45. The highest BCUT2D eigenvalue weighted by Crippen LogP contribution is 2.33. The minimum atomic E-state index is 0.0584. The molecular weight excluding hydrogens is 242 g/mol. The second-order valence-corrected chi connectivity index (χ2v) is 5.18. The van der Waals surface area contributed by atoms with Gasteiger partial charge >= 0.3 is 0 Å². The van der Waals surface area contributed by atoms with Crippen molar-refractivity contribution in [2.24, 2.45) is 0 Å². The Morgan fingerprint density at radius 1 is 1.33 bits per heavy atom. The molecule has 1 aliphatic rings. The standard InChI is InChI=1S/C15H17NOS/c1-2-3-4-10-15(17)16-11-7-12-18-14-9-6-5-8-13(14)16/h2-6,8-10H,7,11-12H2,1H3/b3-2+,10-4+. The summed E-state index contributed by atoms with van der Waals surface area (Å²) in [6.07, 6.45) is 8.24. The average molecular weight is 259 g/mol. The number of thioether (sulfide) groups is 1. The van der Waals surface area contributed by atoms with E-state index < -0.39 is 0 Å². The van der Waals surface area contributed by atoms with Crippen molar-refractivity contribution in [1.29, 1.82) is 0 Å². The Bertz CT molecular complexity index is 479. The van der Waals surface area contributed by atoms with Crippen molar-refractivity contribution < 1.29 is 4.79 Å². The molecule has 0 saturated carbocycles. The third-order valence-corrected chi connectivity index (χ3v) is 3.90. The summed E-state index contributed by atoms with van der Waals surface area (Å²) >= 11 is 1.83. The van der Waals surface area contributed by atoms with Crippen LogP contribution in [0.3, 0.4) is 0 Å². The van der Waals surface area contributed by atoms with E-state index in [1.54, 1.807) is 12.2 Å². The van der Waals surface area contributed by atoms with Gasteiger partial charge in [0.05, 0.1) is 5.69 Å². The van der Waals surface area contributed by atoms with Crippen LogP contribution in [-0.4, -0.2) is 18.2 Å². The third-order valence-electron chi connectivity index (χ3n) is 2.75. The Morgan fingerprint density at radius 3 is 3.00 bits per heavy atom. The molecule has 2 nitrogen and oxygen atoms in total. The van der Waals surface area contributed by atoms with Crippen molar-refractivity contribution in [3.8, 4) is 0 Å². The van der Waals surface area contributed by atoms with E-state index in [0.29, 0.717) is 0 Å². The molecule has 1 aromatic carbocycles. The van der Waals surface area contributed by atoms with E-state index in [0.717, 1.165) is 24.4 Å².